The summed E-state index contributed by atoms with van der Waals surface area (Å²) in [5.74, 6) is -0.228. The van der Waals surface area contributed by atoms with Crippen molar-refractivity contribution < 1.29 is 14.3 Å². The molecule has 2 atom stereocenters. The third-order valence-corrected chi connectivity index (χ3v) is 4.37. The molecule has 2 aliphatic rings. The zero-order valence-electron chi connectivity index (χ0n) is 13.3. The summed E-state index contributed by atoms with van der Waals surface area (Å²) < 4.78 is 5.51. The summed E-state index contributed by atoms with van der Waals surface area (Å²) in [6.07, 6.45) is 0.661. The fraction of sp³-hybridized carbons (Fsp3) is 0.562. The van der Waals surface area contributed by atoms with E-state index in [0.29, 0.717) is 30.8 Å². The van der Waals surface area contributed by atoms with Gasteiger partial charge in [-0.25, -0.2) is 0 Å². The molecule has 1 aromatic rings. The van der Waals surface area contributed by atoms with Gasteiger partial charge in [0.25, 0.3) is 5.91 Å². The van der Waals surface area contributed by atoms with Crippen molar-refractivity contribution in [3.8, 4) is 0 Å². The summed E-state index contributed by atoms with van der Waals surface area (Å²) in [4.78, 5) is 40.3. The number of H-pyrrole nitrogens is 1. The fourth-order valence-corrected chi connectivity index (χ4v) is 3.19. The van der Waals surface area contributed by atoms with Crippen molar-refractivity contribution in [2.45, 2.75) is 38.3 Å². The van der Waals surface area contributed by atoms with E-state index in [-0.39, 0.29) is 42.0 Å². The first-order valence-electron chi connectivity index (χ1n) is 7.89. The van der Waals surface area contributed by atoms with Gasteiger partial charge in [0.15, 0.2) is 0 Å². The number of aromatic amines is 1. The summed E-state index contributed by atoms with van der Waals surface area (Å²) in [6, 6.07) is 2.79. The number of nitrogens with one attached hydrogen (secondary N) is 2. The third kappa shape index (κ3) is 3.14. The van der Waals surface area contributed by atoms with Crippen molar-refractivity contribution in [1.29, 1.82) is 0 Å². The molecule has 23 heavy (non-hydrogen) atoms. The number of piperidine rings is 1. The van der Waals surface area contributed by atoms with Crippen molar-refractivity contribution in [2.75, 3.05) is 19.7 Å². The Morgan fingerprint density at radius 3 is 2.87 bits per heavy atom. The summed E-state index contributed by atoms with van der Waals surface area (Å²) in [5, 5.41) is 2.89. The van der Waals surface area contributed by atoms with Crippen LogP contribution < -0.4 is 10.9 Å². The van der Waals surface area contributed by atoms with Crippen LogP contribution in [-0.2, 0) is 9.53 Å². The van der Waals surface area contributed by atoms with Crippen molar-refractivity contribution in [2.24, 2.45) is 0 Å². The first kappa shape index (κ1) is 15.7. The zero-order valence-corrected chi connectivity index (χ0v) is 13.3. The number of hydrogen-bond acceptors (Lipinski definition) is 4. The Balaban J connectivity index is 1.81. The van der Waals surface area contributed by atoms with Gasteiger partial charge in [-0.3, -0.25) is 14.4 Å². The maximum Gasteiger partial charge on any atom is 0.255 e. The number of carbonyl (C=O) groups excluding carboxylic acids is 2. The van der Waals surface area contributed by atoms with E-state index >= 15 is 0 Å². The Bertz CT molecular complexity index is 682. The van der Waals surface area contributed by atoms with Gasteiger partial charge in [0.1, 0.15) is 6.61 Å². The molecule has 3 rings (SSSR count). The second kappa shape index (κ2) is 6.16. The molecule has 2 N–H and O–H groups in total. The highest BCUT2D eigenvalue weighted by molar-refractivity contribution is 5.95. The molecule has 7 heteroatoms. The second-order valence-electron chi connectivity index (χ2n) is 6.37. The van der Waals surface area contributed by atoms with E-state index in [1.165, 1.54) is 6.07 Å². The van der Waals surface area contributed by atoms with Crippen LogP contribution in [0, 0.1) is 0 Å². The van der Waals surface area contributed by atoms with Crippen molar-refractivity contribution in [3.63, 3.8) is 0 Å². The number of pyridine rings is 1. The monoisotopic (exact) mass is 319 g/mol. The van der Waals surface area contributed by atoms with Gasteiger partial charge in [-0.1, -0.05) is 13.8 Å². The fourth-order valence-electron chi connectivity index (χ4n) is 3.19. The molecule has 2 fully saturated rings. The Kier molecular flexibility index (Phi) is 4.21. The first-order chi connectivity index (χ1) is 11.0. The molecule has 3 heterocycles. The van der Waals surface area contributed by atoms with Gasteiger partial charge in [0.2, 0.25) is 11.5 Å². The summed E-state index contributed by atoms with van der Waals surface area (Å²) >= 11 is 0. The maximum absolute atomic E-state index is 12.8. The van der Waals surface area contributed by atoms with Crippen LogP contribution in [0.5, 0.6) is 0 Å². The topological polar surface area (TPSA) is 91.5 Å². The van der Waals surface area contributed by atoms with E-state index in [9.17, 15) is 14.4 Å². The molecule has 7 nitrogen and oxygen atoms in total. The quantitative estimate of drug-likeness (QED) is 0.816. The molecular weight excluding hydrogens is 298 g/mol. The Morgan fingerprint density at radius 2 is 2.13 bits per heavy atom. The van der Waals surface area contributed by atoms with Crippen molar-refractivity contribution in [1.82, 2.24) is 15.2 Å². The lowest BCUT2D eigenvalue weighted by molar-refractivity contribution is -0.139. The van der Waals surface area contributed by atoms with Crippen LogP contribution in [0.25, 0.3) is 0 Å². The highest BCUT2D eigenvalue weighted by atomic mass is 16.5. The van der Waals surface area contributed by atoms with Crippen LogP contribution >= 0.6 is 0 Å². The largest absolute Gasteiger partial charge is 0.366 e. The van der Waals surface area contributed by atoms with Gasteiger partial charge in [0, 0.05) is 24.8 Å². The predicted octanol–water partition coefficient (Wildman–Crippen LogP) is 0.228. The Hall–Kier alpha value is -2.15. The summed E-state index contributed by atoms with van der Waals surface area (Å²) in [6.45, 7) is 4.96. The van der Waals surface area contributed by atoms with Crippen LogP contribution in [0.1, 0.15) is 42.2 Å². The zero-order chi connectivity index (χ0) is 16.6. The molecule has 0 radical (unpaired) electrons. The van der Waals surface area contributed by atoms with E-state index in [1.807, 2.05) is 13.8 Å². The maximum atomic E-state index is 12.8. The number of amides is 2. The van der Waals surface area contributed by atoms with Crippen LogP contribution in [-0.4, -0.2) is 53.5 Å². The van der Waals surface area contributed by atoms with Crippen molar-refractivity contribution >= 4 is 11.8 Å². The molecule has 0 saturated carbocycles. The molecule has 0 unspecified atom stereocenters. The van der Waals surface area contributed by atoms with Gasteiger partial charge in [-0.15, -0.1) is 0 Å². The number of ether oxygens (including phenoxy) is 1. The number of nitrogens with zero attached hydrogens (tertiary/aromatic N) is 1. The molecule has 2 saturated heterocycles. The number of rotatable bonds is 2. The highest BCUT2D eigenvalue weighted by Crippen LogP contribution is 2.22. The van der Waals surface area contributed by atoms with Crippen LogP contribution in [0.2, 0.25) is 0 Å². The number of morpholine rings is 1. The normalized spacial score (nSPS) is 24.3. The average Bonchev–Trinajstić information content (AvgIpc) is 2.53. The Morgan fingerprint density at radius 1 is 1.35 bits per heavy atom. The molecule has 2 amide bonds. The van der Waals surface area contributed by atoms with Crippen LogP contribution in [0.4, 0.5) is 0 Å². The molecule has 0 aromatic carbocycles. The molecule has 0 aliphatic carbocycles. The lowest BCUT2D eigenvalue weighted by Gasteiger charge is -2.41. The third-order valence-electron chi connectivity index (χ3n) is 4.37. The van der Waals surface area contributed by atoms with Crippen LogP contribution in [0.15, 0.2) is 16.9 Å². The highest BCUT2D eigenvalue weighted by Gasteiger charge is 2.36. The van der Waals surface area contributed by atoms with Gasteiger partial charge < -0.3 is 19.9 Å². The number of aromatic nitrogens is 1. The standard InChI is InChI=1S/C16H21N3O4/c1-9(2)15-10(3-4-13(20)18-15)16(22)19-6-5-12-11(7-19)17-14(21)8-23-12/h3-4,9,11-12H,5-8H2,1-2H3,(H,17,21)(H,18,20)/t11-,12+/m0/s1. The smallest absolute Gasteiger partial charge is 0.255 e. The van der Waals surface area contributed by atoms with E-state index < -0.39 is 0 Å². The summed E-state index contributed by atoms with van der Waals surface area (Å²) in [7, 11) is 0. The number of carbonyl (C=O) groups is 2. The number of likely N-dealkylation sites (tertiary alicyclic amines) is 1. The van der Waals surface area contributed by atoms with Gasteiger partial charge in [-0.2, -0.15) is 0 Å². The Labute approximate surface area is 134 Å². The van der Waals surface area contributed by atoms with Gasteiger partial charge in [0.05, 0.1) is 17.7 Å². The van der Waals surface area contributed by atoms with E-state index in [1.54, 1.807) is 11.0 Å². The van der Waals surface area contributed by atoms with E-state index in [4.69, 9.17) is 4.74 Å². The molecular formula is C16H21N3O4. The average molecular weight is 319 g/mol. The lowest BCUT2D eigenvalue weighted by atomic mass is 9.98. The minimum Gasteiger partial charge on any atom is -0.366 e. The second-order valence-corrected chi connectivity index (χ2v) is 6.37. The molecule has 1 aromatic heterocycles. The van der Waals surface area contributed by atoms with E-state index in [0.717, 1.165) is 0 Å². The van der Waals surface area contributed by atoms with Crippen LogP contribution in [0.3, 0.4) is 0 Å². The van der Waals surface area contributed by atoms with Gasteiger partial charge >= 0.3 is 0 Å². The van der Waals surface area contributed by atoms with Gasteiger partial charge in [-0.05, 0) is 18.4 Å². The molecule has 2 aliphatic heterocycles. The minimum absolute atomic E-state index is 0.0306. The lowest BCUT2D eigenvalue weighted by Crippen LogP contribution is -2.61. The minimum atomic E-state index is -0.211. The summed E-state index contributed by atoms with van der Waals surface area (Å²) in [5.41, 5.74) is 0.951. The SMILES string of the molecule is CC(C)c1[nH]c(=O)ccc1C(=O)N1CC[C@H]2OCC(=O)N[C@H]2C1. The molecule has 0 spiro atoms. The molecule has 0 bridgehead atoms. The van der Waals surface area contributed by atoms with Crippen molar-refractivity contribution in [3.05, 3.63) is 33.7 Å². The number of fused-ring (bicyclic) bond motifs is 1. The first-order valence-corrected chi connectivity index (χ1v) is 7.89. The van der Waals surface area contributed by atoms with E-state index in [2.05, 4.69) is 10.3 Å². The molecule has 124 valence electrons. The predicted molar refractivity (Wildman–Crippen MR) is 83.3 cm³/mol. The number of hydrogen-bond donors (Lipinski definition) is 2.